The fourth-order valence-electron chi connectivity index (χ4n) is 3.39. The van der Waals surface area contributed by atoms with Crippen molar-refractivity contribution in [2.24, 2.45) is 11.4 Å². The van der Waals surface area contributed by atoms with Gasteiger partial charge in [-0.3, -0.25) is 19.1 Å². The third-order valence-electron chi connectivity index (χ3n) is 5.06. The molecule has 0 bridgehead atoms. The molecule has 0 radical (unpaired) electrons. The number of aromatic nitrogens is 4. The summed E-state index contributed by atoms with van der Waals surface area (Å²) in [5, 5.41) is 10.4. The van der Waals surface area contributed by atoms with Crippen molar-refractivity contribution in [3.05, 3.63) is 64.2 Å². The summed E-state index contributed by atoms with van der Waals surface area (Å²) in [7, 11) is -2.18. The van der Waals surface area contributed by atoms with E-state index in [0.717, 1.165) is 41.3 Å². The molecule has 2 unspecified atom stereocenters. The maximum absolute atomic E-state index is 13.1. The Kier molecular flexibility index (Phi) is 8.05. The van der Waals surface area contributed by atoms with Crippen LogP contribution in [0.25, 0.3) is 16.9 Å². The van der Waals surface area contributed by atoms with Crippen LogP contribution in [0.2, 0.25) is 0 Å². The Morgan fingerprint density at radius 3 is 2.26 bits per heavy atom. The summed E-state index contributed by atoms with van der Waals surface area (Å²) in [5.74, 6) is -4.24. The zero-order valence-corrected chi connectivity index (χ0v) is 21.2. The standard InChI is InChI=1S/C22H20F6N6O4S/c1-12(11-39(3,38)32-20(37)22(26,27)28)30-18(35)16-8-17(13-4-6-14(7-5-13)21(23,24)25)31-34(19(16)36)15-9-29-33(2)10-15/h4-10,12H,11H2,1-3H3,(H,30,35). The number of rotatable bonds is 6. The maximum atomic E-state index is 13.1. The molecule has 0 aliphatic carbocycles. The molecule has 10 nitrogen and oxygen atoms in total. The molecule has 1 aromatic carbocycles. The van der Waals surface area contributed by atoms with Gasteiger partial charge in [0, 0.05) is 24.9 Å². The highest BCUT2D eigenvalue weighted by atomic mass is 32.2. The number of carbonyl (C=O) groups is 2. The van der Waals surface area contributed by atoms with E-state index >= 15 is 0 Å². The van der Waals surface area contributed by atoms with Crippen LogP contribution < -0.4 is 10.9 Å². The van der Waals surface area contributed by atoms with Crippen LogP contribution in [0.1, 0.15) is 22.8 Å². The molecule has 0 spiro atoms. The van der Waals surface area contributed by atoms with Gasteiger partial charge in [0.2, 0.25) is 0 Å². The highest BCUT2D eigenvalue weighted by Gasteiger charge is 2.39. The topological polar surface area (TPSA) is 128 Å². The molecule has 2 atom stereocenters. The quantitative estimate of drug-likeness (QED) is 0.448. The molecular weight excluding hydrogens is 558 g/mol. The number of amides is 2. The van der Waals surface area contributed by atoms with Gasteiger partial charge in [-0.25, -0.2) is 4.21 Å². The van der Waals surface area contributed by atoms with Crippen LogP contribution in [-0.4, -0.2) is 59.8 Å². The minimum atomic E-state index is -5.33. The van der Waals surface area contributed by atoms with Gasteiger partial charge in [0.15, 0.2) is 0 Å². The van der Waals surface area contributed by atoms with E-state index in [0.29, 0.717) is 0 Å². The van der Waals surface area contributed by atoms with Crippen LogP contribution in [0, 0.1) is 0 Å². The summed E-state index contributed by atoms with van der Waals surface area (Å²) in [6.07, 6.45) is -6.48. The molecule has 3 aromatic rings. The number of halogens is 6. The Bertz CT molecular complexity index is 1580. The highest BCUT2D eigenvalue weighted by Crippen LogP contribution is 2.30. The van der Waals surface area contributed by atoms with Crippen molar-refractivity contribution in [1.29, 1.82) is 0 Å². The largest absolute Gasteiger partial charge is 0.474 e. The smallest absolute Gasteiger partial charge is 0.348 e. The van der Waals surface area contributed by atoms with Crippen LogP contribution in [0.5, 0.6) is 0 Å². The Morgan fingerprint density at radius 1 is 1.13 bits per heavy atom. The second kappa shape index (κ2) is 10.6. The van der Waals surface area contributed by atoms with Crippen molar-refractivity contribution in [3.63, 3.8) is 0 Å². The average Bonchev–Trinajstić information content (AvgIpc) is 3.23. The molecule has 17 heteroatoms. The lowest BCUT2D eigenvalue weighted by molar-refractivity contribution is -0.169. The predicted octanol–water partition coefficient (Wildman–Crippen LogP) is 2.96. The van der Waals surface area contributed by atoms with Crippen molar-refractivity contribution >= 4 is 21.5 Å². The second-order valence-corrected chi connectivity index (χ2v) is 10.9. The fourth-order valence-corrected chi connectivity index (χ4v) is 4.93. The van der Waals surface area contributed by atoms with Crippen molar-refractivity contribution < 1.29 is 40.1 Å². The molecule has 2 heterocycles. The van der Waals surface area contributed by atoms with E-state index in [9.17, 15) is 44.9 Å². The molecule has 210 valence electrons. The number of benzene rings is 1. The van der Waals surface area contributed by atoms with E-state index in [1.54, 1.807) is 7.05 Å². The van der Waals surface area contributed by atoms with Gasteiger partial charge in [0.25, 0.3) is 11.5 Å². The molecule has 0 saturated carbocycles. The third-order valence-corrected chi connectivity index (χ3v) is 6.73. The first kappa shape index (κ1) is 29.5. The van der Waals surface area contributed by atoms with Gasteiger partial charge in [-0.05, 0) is 25.1 Å². The summed E-state index contributed by atoms with van der Waals surface area (Å²) in [6, 6.07) is 3.69. The number of carbonyl (C=O) groups excluding carboxylic acids is 2. The number of alkyl halides is 6. The number of hydrogen-bond acceptors (Lipinski definition) is 6. The zero-order valence-electron chi connectivity index (χ0n) is 20.4. The zero-order chi connectivity index (χ0) is 29.3. The van der Waals surface area contributed by atoms with Crippen molar-refractivity contribution in [1.82, 2.24) is 24.9 Å². The Morgan fingerprint density at radius 2 is 1.74 bits per heavy atom. The Hall–Kier alpha value is -4.02. The molecule has 0 saturated heterocycles. The van der Waals surface area contributed by atoms with Gasteiger partial charge in [0.05, 0.1) is 39.1 Å². The van der Waals surface area contributed by atoms with Gasteiger partial charge < -0.3 is 5.32 Å². The summed E-state index contributed by atoms with van der Waals surface area (Å²) < 4.78 is 93.6. The molecule has 2 aromatic heterocycles. The molecule has 0 fully saturated rings. The first-order chi connectivity index (χ1) is 17.9. The average molecular weight is 578 g/mol. The molecule has 3 rings (SSSR count). The van der Waals surface area contributed by atoms with E-state index in [4.69, 9.17) is 0 Å². The van der Waals surface area contributed by atoms with E-state index in [1.165, 1.54) is 24.0 Å². The van der Waals surface area contributed by atoms with Gasteiger partial charge >= 0.3 is 18.3 Å². The van der Waals surface area contributed by atoms with Crippen molar-refractivity contribution in [2.45, 2.75) is 25.3 Å². The Balaban J connectivity index is 2.00. The molecule has 39 heavy (non-hydrogen) atoms. The highest BCUT2D eigenvalue weighted by molar-refractivity contribution is 7.93. The second-order valence-electron chi connectivity index (χ2n) is 8.50. The number of aryl methyl sites for hydroxylation is 1. The fraction of sp³-hybridized carbons (Fsp3) is 0.318. The number of hydrogen-bond donors (Lipinski definition) is 1. The van der Waals surface area contributed by atoms with Gasteiger partial charge in [0.1, 0.15) is 11.3 Å². The molecule has 1 N–H and O–H groups in total. The normalized spacial score (nSPS) is 14.4. The first-order valence-electron chi connectivity index (χ1n) is 10.8. The number of nitrogens with one attached hydrogen (secondary N) is 1. The summed E-state index contributed by atoms with van der Waals surface area (Å²) in [6.45, 7) is 1.27. The van der Waals surface area contributed by atoms with Crippen molar-refractivity contribution in [3.8, 4) is 16.9 Å². The van der Waals surface area contributed by atoms with Crippen LogP contribution in [0.15, 0.2) is 51.9 Å². The van der Waals surface area contributed by atoms with Crippen LogP contribution in [-0.2, 0) is 27.7 Å². The predicted molar refractivity (Wildman–Crippen MR) is 126 cm³/mol. The third kappa shape index (κ3) is 7.30. The summed E-state index contributed by atoms with van der Waals surface area (Å²) in [5.41, 5.74) is -2.21. The van der Waals surface area contributed by atoms with E-state index in [2.05, 4.69) is 19.9 Å². The summed E-state index contributed by atoms with van der Waals surface area (Å²) >= 11 is 0. The number of nitrogens with zero attached hydrogens (tertiary/aromatic N) is 5. The van der Waals surface area contributed by atoms with E-state index in [1.807, 2.05) is 0 Å². The van der Waals surface area contributed by atoms with Gasteiger partial charge in [-0.15, -0.1) is 0 Å². The SMILES string of the molecule is CC(CS(C)(=O)=NC(=O)C(F)(F)F)NC(=O)c1cc(-c2ccc(C(F)(F)F)cc2)nn(-c2cnn(C)c2)c1=O. The molecular formula is C22H20F6N6O4S. The van der Waals surface area contributed by atoms with Gasteiger partial charge in [-0.2, -0.15) is 45.6 Å². The van der Waals surface area contributed by atoms with E-state index in [-0.39, 0.29) is 16.9 Å². The van der Waals surface area contributed by atoms with E-state index < -0.39 is 62.4 Å². The lowest BCUT2D eigenvalue weighted by Gasteiger charge is -2.16. The monoisotopic (exact) mass is 578 g/mol. The lowest BCUT2D eigenvalue weighted by Crippen LogP contribution is -2.41. The molecule has 0 aliphatic heterocycles. The lowest BCUT2D eigenvalue weighted by atomic mass is 10.1. The molecule has 0 aliphatic rings. The minimum Gasteiger partial charge on any atom is -0.348 e. The van der Waals surface area contributed by atoms with Crippen molar-refractivity contribution in [2.75, 3.05) is 12.0 Å². The first-order valence-corrected chi connectivity index (χ1v) is 12.9. The molecule has 2 amide bonds. The summed E-state index contributed by atoms with van der Waals surface area (Å²) in [4.78, 5) is 37.2. The van der Waals surface area contributed by atoms with Crippen LogP contribution in [0.4, 0.5) is 26.3 Å². The Labute approximate surface area is 216 Å². The minimum absolute atomic E-state index is 0.0601. The maximum Gasteiger partial charge on any atom is 0.474 e. The van der Waals surface area contributed by atoms with Gasteiger partial charge in [-0.1, -0.05) is 12.1 Å². The van der Waals surface area contributed by atoms with Crippen LogP contribution in [0.3, 0.4) is 0 Å². The van der Waals surface area contributed by atoms with Crippen LogP contribution >= 0.6 is 0 Å².